The van der Waals surface area contributed by atoms with Crippen LogP contribution in [0.2, 0.25) is 0 Å². The van der Waals surface area contributed by atoms with Crippen LogP contribution in [0.1, 0.15) is 0 Å². The quantitative estimate of drug-likeness (QED) is 0.905. The van der Waals surface area contributed by atoms with E-state index in [4.69, 9.17) is 14.6 Å². The van der Waals surface area contributed by atoms with E-state index in [0.29, 0.717) is 19.8 Å². The average Bonchev–Trinajstić information content (AvgIpc) is 2.44. The number of fused-ring (bicyclic) bond motifs is 2. The zero-order valence-electron chi connectivity index (χ0n) is 10.8. The molecule has 0 atom stereocenters. The number of hydrogen-bond donors (Lipinski definition) is 1. The minimum atomic E-state index is 0.0963. The normalized spacial score (nSPS) is 13.6. The molecular weight excluding hydrogens is 244 g/mol. The number of aromatic nitrogens is 1. The van der Waals surface area contributed by atoms with E-state index in [1.807, 2.05) is 30.1 Å². The van der Waals surface area contributed by atoms with Crippen LogP contribution in [0.15, 0.2) is 24.4 Å². The SMILES string of the molecule is CN(CCO)c1nccc2cc3c(cc12)OCCO3. The molecule has 0 fully saturated rings. The molecule has 1 aromatic carbocycles. The van der Waals surface area contributed by atoms with Crippen LogP contribution in [0.4, 0.5) is 5.82 Å². The number of likely N-dealkylation sites (N-methyl/N-ethyl adjacent to an activating group) is 1. The largest absolute Gasteiger partial charge is 0.486 e. The summed E-state index contributed by atoms with van der Waals surface area (Å²) < 4.78 is 11.2. The summed E-state index contributed by atoms with van der Waals surface area (Å²) in [6.45, 7) is 1.79. The third-order valence-corrected chi connectivity index (χ3v) is 3.20. The Balaban J connectivity index is 2.13. The van der Waals surface area contributed by atoms with Gasteiger partial charge in [-0.2, -0.15) is 0 Å². The second-order valence-corrected chi connectivity index (χ2v) is 4.50. The van der Waals surface area contributed by atoms with Gasteiger partial charge in [0.05, 0.1) is 6.61 Å². The molecule has 0 spiro atoms. The van der Waals surface area contributed by atoms with Gasteiger partial charge in [0.2, 0.25) is 0 Å². The van der Waals surface area contributed by atoms with Crippen LogP contribution in [0.3, 0.4) is 0 Å². The summed E-state index contributed by atoms with van der Waals surface area (Å²) in [5.74, 6) is 2.37. The molecule has 0 bridgehead atoms. The van der Waals surface area contributed by atoms with Gasteiger partial charge in [0.1, 0.15) is 19.0 Å². The maximum Gasteiger partial charge on any atom is 0.162 e. The van der Waals surface area contributed by atoms with E-state index in [2.05, 4.69) is 4.98 Å². The Morgan fingerprint density at radius 2 is 2.00 bits per heavy atom. The predicted molar refractivity (Wildman–Crippen MR) is 73.1 cm³/mol. The van der Waals surface area contributed by atoms with Crippen molar-refractivity contribution in [2.75, 3.05) is 38.3 Å². The molecule has 2 aromatic rings. The number of ether oxygens (including phenoxy) is 2. The summed E-state index contributed by atoms with van der Waals surface area (Å²) in [7, 11) is 1.91. The fourth-order valence-electron chi connectivity index (χ4n) is 2.25. The summed E-state index contributed by atoms with van der Waals surface area (Å²) in [6.07, 6.45) is 1.77. The van der Waals surface area contributed by atoms with Gasteiger partial charge in [0.25, 0.3) is 0 Å². The second kappa shape index (κ2) is 4.93. The summed E-state index contributed by atoms with van der Waals surface area (Å²) in [6, 6.07) is 5.88. The Morgan fingerprint density at radius 1 is 1.26 bits per heavy atom. The van der Waals surface area contributed by atoms with Crippen molar-refractivity contribution in [2.24, 2.45) is 0 Å². The molecule has 19 heavy (non-hydrogen) atoms. The second-order valence-electron chi connectivity index (χ2n) is 4.50. The van der Waals surface area contributed by atoms with Crippen LogP contribution in [-0.2, 0) is 0 Å². The molecule has 0 amide bonds. The van der Waals surface area contributed by atoms with Gasteiger partial charge in [-0.15, -0.1) is 0 Å². The number of hydrogen-bond acceptors (Lipinski definition) is 5. The first-order valence-electron chi connectivity index (χ1n) is 6.30. The Kier molecular flexibility index (Phi) is 3.13. The Bertz CT molecular complexity index is 601. The number of aliphatic hydroxyl groups is 1. The van der Waals surface area contributed by atoms with E-state index in [1.165, 1.54) is 0 Å². The van der Waals surface area contributed by atoms with Crippen LogP contribution < -0.4 is 14.4 Å². The minimum Gasteiger partial charge on any atom is -0.486 e. The number of benzene rings is 1. The number of anilines is 1. The van der Waals surface area contributed by atoms with E-state index in [0.717, 1.165) is 28.1 Å². The number of pyridine rings is 1. The van der Waals surface area contributed by atoms with Crippen molar-refractivity contribution in [3.63, 3.8) is 0 Å². The van der Waals surface area contributed by atoms with Gasteiger partial charge in [-0.25, -0.2) is 4.98 Å². The lowest BCUT2D eigenvalue weighted by molar-refractivity contribution is 0.172. The van der Waals surface area contributed by atoms with Gasteiger partial charge in [-0.1, -0.05) is 0 Å². The first-order chi connectivity index (χ1) is 9.29. The lowest BCUT2D eigenvalue weighted by Gasteiger charge is -2.22. The molecule has 1 N–H and O–H groups in total. The highest BCUT2D eigenvalue weighted by atomic mass is 16.6. The molecule has 0 saturated carbocycles. The van der Waals surface area contributed by atoms with Crippen LogP contribution >= 0.6 is 0 Å². The molecule has 5 heteroatoms. The number of rotatable bonds is 3. The molecule has 0 saturated heterocycles. The monoisotopic (exact) mass is 260 g/mol. The van der Waals surface area contributed by atoms with Crippen molar-refractivity contribution < 1.29 is 14.6 Å². The average molecular weight is 260 g/mol. The van der Waals surface area contributed by atoms with Gasteiger partial charge in [-0.3, -0.25) is 0 Å². The molecule has 1 aromatic heterocycles. The molecule has 1 aliphatic heterocycles. The molecule has 0 radical (unpaired) electrons. The van der Waals surface area contributed by atoms with Crippen LogP contribution in [0, 0.1) is 0 Å². The highest BCUT2D eigenvalue weighted by Gasteiger charge is 2.15. The van der Waals surface area contributed by atoms with Crippen molar-refractivity contribution in [1.29, 1.82) is 0 Å². The fraction of sp³-hybridized carbons (Fsp3) is 0.357. The molecule has 2 heterocycles. The first-order valence-corrected chi connectivity index (χ1v) is 6.30. The predicted octanol–water partition coefficient (Wildman–Crippen LogP) is 1.43. The zero-order chi connectivity index (χ0) is 13.2. The minimum absolute atomic E-state index is 0.0963. The lowest BCUT2D eigenvalue weighted by atomic mass is 10.1. The summed E-state index contributed by atoms with van der Waals surface area (Å²) >= 11 is 0. The summed E-state index contributed by atoms with van der Waals surface area (Å²) in [5.41, 5.74) is 0. The van der Waals surface area contributed by atoms with Gasteiger partial charge in [-0.05, 0) is 23.6 Å². The third-order valence-electron chi connectivity index (χ3n) is 3.20. The molecule has 1 aliphatic rings. The van der Waals surface area contributed by atoms with Gasteiger partial charge in [0.15, 0.2) is 11.5 Å². The topological polar surface area (TPSA) is 54.8 Å². The highest BCUT2D eigenvalue weighted by Crippen LogP contribution is 2.37. The van der Waals surface area contributed by atoms with E-state index < -0.39 is 0 Å². The lowest BCUT2D eigenvalue weighted by Crippen LogP contribution is -2.22. The maximum absolute atomic E-state index is 9.05. The van der Waals surface area contributed by atoms with Gasteiger partial charge < -0.3 is 19.5 Å². The molecule has 5 nitrogen and oxygen atoms in total. The van der Waals surface area contributed by atoms with Crippen LogP contribution in [-0.4, -0.2) is 43.5 Å². The maximum atomic E-state index is 9.05. The fourth-order valence-corrected chi connectivity index (χ4v) is 2.25. The van der Waals surface area contributed by atoms with Gasteiger partial charge >= 0.3 is 0 Å². The highest BCUT2D eigenvalue weighted by molar-refractivity contribution is 5.94. The van der Waals surface area contributed by atoms with E-state index in [9.17, 15) is 0 Å². The van der Waals surface area contributed by atoms with Crippen molar-refractivity contribution in [1.82, 2.24) is 4.98 Å². The standard InChI is InChI=1S/C14H16N2O3/c1-16(4-5-17)14-11-9-13-12(18-6-7-19-13)8-10(11)2-3-15-14/h2-3,8-9,17H,4-7H2,1H3. The van der Waals surface area contributed by atoms with E-state index in [1.54, 1.807) is 6.20 Å². The Labute approximate surface area is 111 Å². The summed E-state index contributed by atoms with van der Waals surface area (Å²) in [5, 5.41) is 11.1. The van der Waals surface area contributed by atoms with Crippen molar-refractivity contribution in [3.8, 4) is 11.5 Å². The smallest absolute Gasteiger partial charge is 0.162 e. The molecule has 100 valence electrons. The molecule has 3 rings (SSSR count). The van der Waals surface area contributed by atoms with Crippen molar-refractivity contribution >= 4 is 16.6 Å². The van der Waals surface area contributed by atoms with Crippen LogP contribution in [0.5, 0.6) is 11.5 Å². The Morgan fingerprint density at radius 3 is 2.74 bits per heavy atom. The first kappa shape index (κ1) is 12.0. The van der Waals surface area contributed by atoms with E-state index >= 15 is 0 Å². The van der Waals surface area contributed by atoms with Crippen LogP contribution in [0.25, 0.3) is 10.8 Å². The number of nitrogens with zero attached hydrogens (tertiary/aromatic N) is 2. The van der Waals surface area contributed by atoms with E-state index in [-0.39, 0.29) is 6.61 Å². The van der Waals surface area contributed by atoms with Crippen molar-refractivity contribution in [2.45, 2.75) is 0 Å². The molecule has 0 aliphatic carbocycles. The van der Waals surface area contributed by atoms with Crippen molar-refractivity contribution in [3.05, 3.63) is 24.4 Å². The van der Waals surface area contributed by atoms with Gasteiger partial charge in [0, 0.05) is 25.2 Å². The summed E-state index contributed by atoms with van der Waals surface area (Å²) in [4.78, 5) is 6.32. The third kappa shape index (κ3) is 2.17. The zero-order valence-corrected chi connectivity index (χ0v) is 10.8. The molecule has 0 unspecified atom stereocenters. The molecular formula is C14H16N2O3. The number of aliphatic hydroxyl groups excluding tert-OH is 1. The Hall–Kier alpha value is -2.01.